The molecule has 0 heterocycles. The standard InChI is InChI=1S/C30H33ClN2O3/c1-3-26(27-14-11-24(31)17-20(27)2)30(22-10-15-28(33)23(18-22)19-32)21-8-12-25(13-9-21)36-16-6-4-5-7-29(34)35/h8-15,17-19,32H,3-7,16,33H2,1-2H3,(H,34,35)/b30-26+,32-19?. The highest BCUT2D eigenvalue weighted by Gasteiger charge is 2.16. The van der Waals surface area contributed by atoms with E-state index in [1.54, 1.807) is 0 Å². The molecule has 6 heteroatoms. The van der Waals surface area contributed by atoms with E-state index in [9.17, 15) is 4.79 Å². The van der Waals surface area contributed by atoms with Crippen molar-refractivity contribution in [1.82, 2.24) is 0 Å². The quantitative estimate of drug-likeness (QED) is 0.102. The molecule has 0 radical (unpaired) electrons. The van der Waals surface area contributed by atoms with Crippen LogP contribution in [0.2, 0.25) is 5.02 Å². The number of anilines is 1. The molecule has 0 amide bonds. The van der Waals surface area contributed by atoms with E-state index < -0.39 is 5.97 Å². The van der Waals surface area contributed by atoms with Crippen molar-refractivity contribution in [2.75, 3.05) is 12.3 Å². The third-order valence-electron chi connectivity index (χ3n) is 6.15. The minimum Gasteiger partial charge on any atom is -0.494 e. The normalized spacial score (nSPS) is 11.6. The molecule has 3 aromatic carbocycles. The number of aryl methyl sites for hydroxylation is 1. The van der Waals surface area contributed by atoms with Crippen LogP contribution in [0.5, 0.6) is 5.75 Å². The van der Waals surface area contributed by atoms with Gasteiger partial charge in [-0.15, -0.1) is 0 Å². The first-order valence-electron chi connectivity index (χ1n) is 12.2. The fraction of sp³-hybridized carbons (Fsp3) is 0.267. The van der Waals surface area contributed by atoms with Gasteiger partial charge in [-0.05, 0) is 102 Å². The van der Waals surface area contributed by atoms with Crippen LogP contribution >= 0.6 is 11.6 Å². The summed E-state index contributed by atoms with van der Waals surface area (Å²) < 4.78 is 5.89. The first-order valence-corrected chi connectivity index (χ1v) is 12.6. The maximum Gasteiger partial charge on any atom is 0.303 e. The van der Waals surface area contributed by atoms with Crippen LogP contribution in [-0.2, 0) is 4.79 Å². The molecule has 0 unspecified atom stereocenters. The Bertz CT molecular complexity index is 1250. The number of allylic oxidation sites excluding steroid dienone is 1. The lowest BCUT2D eigenvalue weighted by atomic mass is 9.86. The molecule has 0 atom stereocenters. The molecule has 0 bridgehead atoms. The summed E-state index contributed by atoms with van der Waals surface area (Å²) in [4.78, 5) is 10.6. The van der Waals surface area contributed by atoms with Crippen LogP contribution in [0.3, 0.4) is 0 Å². The van der Waals surface area contributed by atoms with Crippen molar-refractivity contribution in [3.05, 3.63) is 93.5 Å². The summed E-state index contributed by atoms with van der Waals surface area (Å²) in [6.07, 6.45) is 4.58. The zero-order valence-corrected chi connectivity index (χ0v) is 21.6. The number of unbranched alkanes of at least 4 members (excludes halogenated alkanes) is 2. The number of hydrogen-bond donors (Lipinski definition) is 3. The molecular weight excluding hydrogens is 472 g/mol. The van der Waals surface area contributed by atoms with Gasteiger partial charge in [0, 0.05) is 28.9 Å². The Kier molecular flexibility index (Phi) is 9.71. The number of benzene rings is 3. The highest BCUT2D eigenvalue weighted by molar-refractivity contribution is 6.30. The minimum atomic E-state index is -0.760. The Hall–Kier alpha value is -3.57. The van der Waals surface area contributed by atoms with Crippen molar-refractivity contribution in [2.24, 2.45) is 0 Å². The summed E-state index contributed by atoms with van der Waals surface area (Å²) in [5, 5.41) is 17.2. The Morgan fingerprint density at radius 1 is 1.03 bits per heavy atom. The second kappa shape index (κ2) is 12.9. The molecule has 36 heavy (non-hydrogen) atoms. The topological polar surface area (TPSA) is 96.4 Å². The smallest absolute Gasteiger partial charge is 0.303 e. The van der Waals surface area contributed by atoms with E-state index in [2.05, 4.69) is 32.0 Å². The van der Waals surface area contributed by atoms with Gasteiger partial charge < -0.3 is 21.0 Å². The highest BCUT2D eigenvalue weighted by Crippen LogP contribution is 2.37. The third-order valence-corrected chi connectivity index (χ3v) is 6.38. The van der Waals surface area contributed by atoms with Crippen LogP contribution in [0, 0.1) is 12.3 Å². The van der Waals surface area contributed by atoms with Crippen LogP contribution in [-0.4, -0.2) is 23.9 Å². The summed E-state index contributed by atoms with van der Waals surface area (Å²) >= 11 is 6.24. The van der Waals surface area contributed by atoms with Crippen molar-refractivity contribution in [3.63, 3.8) is 0 Å². The molecule has 0 fully saturated rings. The van der Waals surface area contributed by atoms with Gasteiger partial charge in [0.1, 0.15) is 5.75 Å². The van der Waals surface area contributed by atoms with Crippen molar-refractivity contribution < 1.29 is 14.6 Å². The van der Waals surface area contributed by atoms with Gasteiger partial charge in [0.15, 0.2) is 0 Å². The Morgan fingerprint density at radius 3 is 2.39 bits per heavy atom. The molecule has 0 aromatic heterocycles. The number of carboxylic acids is 1. The van der Waals surface area contributed by atoms with Crippen molar-refractivity contribution in [1.29, 1.82) is 5.41 Å². The van der Waals surface area contributed by atoms with Gasteiger partial charge in [-0.1, -0.05) is 42.8 Å². The van der Waals surface area contributed by atoms with Crippen LogP contribution < -0.4 is 10.5 Å². The average Bonchev–Trinajstić information content (AvgIpc) is 2.86. The first-order chi connectivity index (χ1) is 17.3. The van der Waals surface area contributed by atoms with E-state index in [1.807, 2.05) is 42.5 Å². The number of carboxylic acid groups (broad SMARTS) is 1. The van der Waals surface area contributed by atoms with Crippen LogP contribution in [0.25, 0.3) is 11.1 Å². The number of ether oxygens (including phenoxy) is 1. The highest BCUT2D eigenvalue weighted by atomic mass is 35.5. The van der Waals surface area contributed by atoms with E-state index >= 15 is 0 Å². The van der Waals surface area contributed by atoms with Gasteiger partial charge in [-0.3, -0.25) is 4.79 Å². The molecule has 3 rings (SSSR count). The molecule has 0 aliphatic heterocycles. The second-order valence-electron chi connectivity index (χ2n) is 8.73. The first kappa shape index (κ1) is 27.0. The lowest BCUT2D eigenvalue weighted by molar-refractivity contribution is -0.137. The van der Waals surface area contributed by atoms with E-state index in [-0.39, 0.29) is 6.42 Å². The number of rotatable bonds is 12. The predicted molar refractivity (Wildman–Crippen MR) is 149 cm³/mol. The van der Waals surface area contributed by atoms with Crippen LogP contribution in [0.1, 0.15) is 66.8 Å². The van der Waals surface area contributed by atoms with Gasteiger partial charge in [-0.25, -0.2) is 0 Å². The fourth-order valence-corrected chi connectivity index (χ4v) is 4.53. The summed E-state index contributed by atoms with van der Waals surface area (Å²) in [7, 11) is 0. The molecule has 4 N–H and O–H groups in total. The number of aliphatic carboxylic acids is 1. The SMILES string of the molecule is CC/C(=C(/c1ccc(OCCCCCC(=O)O)cc1)c1ccc(N)c(C=N)c1)c1ccc(Cl)cc1C. The van der Waals surface area contributed by atoms with Crippen molar-refractivity contribution >= 4 is 40.6 Å². The molecule has 5 nitrogen and oxygen atoms in total. The molecule has 0 saturated heterocycles. The number of halogens is 1. The van der Waals surface area contributed by atoms with Crippen LogP contribution in [0.4, 0.5) is 5.69 Å². The summed E-state index contributed by atoms with van der Waals surface area (Å²) in [6.45, 7) is 4.75. The van der Waals surface area contributed by atoms with E-state index in [1.165, 1.54) is 11.8 Å². The molecule has 3 aromatic rings. The average molecular weight is 505 g/mol. The molecule has 0 aliphatic carbocycles. The number of carbonyl (C=O) groups is 1. The predicted octanol–water partition coefficient (Wildman–Crippen LogP) is 7.62. The third kappa shape index (κ3) is 6.98. The second-order valence-corrected chi connectivity index (χ2v) is 9.17. The Morgan fingerprint density at radius 2 is 1.75 bits per heavy atom. The Balaban J connectivity index is 1.96. The molecular formula is C30H33ClN2O3. The van der Waals surface area contributed by atoms with Crippen molar-refractivity contribution in [2.45, 2.75) is 46.0 Å². The van der Waals surface area contributed by atoms with E-state index in [0.717, 1.165) is 52.8 Å². The maximum atomic E-state index is 10.6. The number of hydrogen-bond acceptors (Lipinski definition) is 4. The molecule has 0 spiro atoms. The summed E-state index contributed by atoms with van der Waals surface area (Å²) in [5.41, 5.74) is 13.8. The molecule has 0 aliphatic rings. The van der Waals surface area contributed by atoms with E-state index in [0.29, 0.717) is 29.3 Å². The fourth-order valence-electron chi connectivity index (χ4n) is 4.30. The zero-order chi connectivity index (χ0) is 26.1. The Labute approximate surface area is 218 Å². The number of nitrogens with one attached hydrogen (secondary N) is 1. The maximum absolute atomic E-state index is 10.6. The van der Waals surface area contributed by atoms with E-state index in [4.69, 9.17) is 32.6 Å². The van der Waals surface area contributed by atoms with Gasteiger partial charge >= 0.3 is 5.97 Å². The summed E-state index contributed by atoms with van der Waals surface area (Å²) in [6, 6.07) is 19.8. The van der Waals surface area contributed by atoms with Gasteiger partial charge in [0.25, 0.3) is 0 Å². The summed E-state index contributed by atoms with van der Waals surface area (Å²) in [5.74, 6) is 0.0130. The molecule has 188 valence electrons. The number of nitrogen functional groups attached to an aromatic ring is 1. The van der Waals surface area contributed by atoms with Crippen LogP contribution in [0.15, 0.2) is 60.7 Å². The lowest BCUT2D eigenvalue weighted by Crippen LogP contribution is -2.01. The lowest BCUT2D eigenvalue weighted by Gasteiger charge is -2.19. The molecule has 0 saturated carbocycles. The zero-order valence-electron chi connectivity index (χ0n) is 20.8. The minimum absolute atomic E-state index is 0.196. The van der Waals surface area contributed by atoms with Gasteiger partial charge in [-0.2, -0.15) is 0 Å². The largest absolute Gasteiger partial charge is 0.494 e. The van der Waals surface area contributed by atoms with Gasteiger partial charge in [0.2, 0.25) is 0 Å². The monoisotopic (exact) mass is 504 g/mol. The van der Waals surface area contributed by atoms with Crippen molar-refractivity contribution in [3.8, 4) is 5.75 Å². The number of nitrogens with two attached hydrogens (primary N) is 1. The van der Waals surface area contributed by atoms with Gasteiger partial charge in [0.05, 0.1) is 6.61 Å².